The Morgan fingerprint density at radius 2 is 1.92 bits per heavy atom. The van der Waals surface area contributed by atoms with Gasteiger partial charge in [-0.15, -0.1) is 0 Å². The van der Waals surface area contributed by atoms with Gasteiger partial charge in [0.25, 0.3) is 5.69 Å². The number of carbonyl (C=O) groups is 4. The van der Waals surface area contributed by atoms with Crippen LogP contribution in [0.15, 0.2) is 48.5 Å². The van der Waals surface area contributed by atoms with Crippen molar-refractivity contribution in [1.29, 1.82) is 0 Å². The second kappa shape index (κ2) is 9.77. The van der Waals surface area contributed by atoms with Crippen molar-refractivity contribution in [3.63, 3.8) is 0 Å². The number of nitrogens with one attached hydrogen (secondary N) is 1. The van der Waals surface area contributed by atoms with Gasteiger partial charge >= 0.3 is 12.1 Å². The largest absolute Gasteiger partial charge is 0.450 e. The average Bonchev–Trinajstić information content (AvgIpc) is 2.91. The number of rotatable bonds is 5. The van der Waals surface area contributed by atoms with Gasteiger partial charge in [-0.05, 0) is 30.5 Å². The zero-order chi connectivity index (χ0) is 27.0. The van der Waals surface area contributed by atoms with Gasteiger partial charge in [-0.25, -0.2) is 9.59 Å². The topological polar surface area (TPSA) is 142 Å². The molecule has 1 N–H and O–H groups in total. The minimum atomic E-state index is -1.78. The van der Waals surface area contributed by atoms with Crippen LogP contribution in [0.4, 0.5) is 21.0 Å². The minimum Gasteiger partial charge on any atom is -0.450 e. The number of fused-ring (bicyclic) bond motifs is 4. The van der Waals surface area contributed by atoms with E-state index in [0.29, 0.717) is 17.7 Å². The summed E-state index contributed by atoms with van der Waals surface area (Å²) in [5.74, 6) is -1.46. The van der Waals surface area contributed by atoms with E-state index in [1.807, 2.05) is 35.2 Å². The van der Waals surface area contributed by atoms with E-state index < -0.39 is 40.3 Å². The molecule has 38 heavy (non-hydrogen) atoms. The maximum atomic E-state index is 14.2. The molecule has 2 aromatic rings. The fourth-order valence-electron chi connectivity index (χ4n) is 5.64. The predicted octanol–water partition coefficient (Wildman–Crippen LogP) is 2.11. The Kier molecular flexibility index (Phi) is 6.47. The van der Waals surface area contributed by atoms with Crippen molar-refractivity contribution >= 4 is 35.3 Å². The Morgan fingerprint density at radius 3 is 2.63 bits per heavy atom. The molecular formula is C26H27N5O7. The lowest BCUT2D eigenvalue weighted by atomic mass is 9.67. The van der Waals surface area contributed by atoms with Crippen LogP contribution in [0.1, 0.15) is 18.1 Å². The molecule has 0 saturated carbocycles. The molecular weight excluding hydrogens is 494 g/mol. The number of benzene rings is 2. The minimum absolute atomic E-state index is 0.00906. The number of carbonyl (C=O) groups excluding carboxylic acids is 4. The molecule has 0 radical (unpaired) electrons. The Labute approximate surface area is 218 Å². The molecule has 2 aromatic carbocycles. The summed E-state index contributed by atoms with van der Waals surface area (Å²) >= 11 is 0. The SMILES string of the molecule is CCOC(=O)N1CCN2c3ccc([N+](=O)[O-])cc3C[C@@]3(C(=O)NC(=O)N(CCc4ccccc4)C3=O)[C@H]2C1. The van der Waals surface area contributed by atoms with Gasteiger partial charge < -0.3 is 14.5 Å². The van der Waals surface area contributed by atoms with Crippen LogP contribution in [0.5, 0.6) is 0 Å². The third kappa shape index (κ3) is 4.11. The van der Waals surface area contributed by atoms with Crippen LogP contribution in [-0.4, -0.2) is 77.5 Å². The van der Waals surface area contributed by atoms with Crippen molar-refractivity contribution in [2.24, 2.45) is 5.41 Å². The molecule has 3 aliphatic rings. The lowest BCUT2D eigenvalue weighted by molar-refractivity contribution is -0.384. The smallest absolute Gasteiger partial charge is 0.409 e. The zero-order valence-electron chi connectivity index (χ0n) is 20.8. The molecule has 12 heteroatoms. The third-order valence-corrected chi connectivity index (χ3v) is 7.49. The highest BCUT2D eigenvalue weighted by molar-refractivity contribution is 6.20. The van der Waals surface area contributed by atoms with E-state index >= 15 is 0 Å². The second-order valence-corrected chi connectivity index (χ2v) is 9.52. The van der Waals surface area contributed by atoms with Crippen molar-refractivity contribution in [2.45, 2.75) is 25.8 Å². The number of hydrogen-bond acceptors (Lipinski definition) is 8. The summed E-state index contributed by atoms with van der Waals surface area (Å²) in [7, 11) is 0. The first kappa shape index (κ1) is 25.2. The first-order valence-electron chi connectivity index (χ1n) is 12.4. The van der Waals surface area contributed by atoms with Crippen molar-refractivity contribution in [2.75, 3.05) is 37.7 Å². The number of nitrogens with zero attached hydrogens (tertiary/aromatic N) is 4. The highest BCUT2D eigenvalue weighted by atomic mass is 16.6. The lowest BCUT2D eigenvalue weighted by Gasteiger charge is -2.55. The number of anilines is 1. The van der Waals surface area contributed by atoms with Gasteiger partial charge in [-0.2, -0.15) is 0 Å². The molecule has 0 aliphatic carbocycles. The Hall–Kier alpha value is -4.48. The van der Waals surface area contributed by atoms with Gasteiger partial charge in [-0.3, -0.25) is 29.9 Å². The highest BCUT2D eigenvalue weighted by Gasteiger charge is 2.63. The fraction of sp³-hybridized carbons (Fsp3) is 0.385. The van der Waals surface area contributed by atoms with E-state index in [0.717, 1.165) is 10.5 Å². The van der Waals surface area contributed by atoms with E-state index in [1.54, 1.807) is 13.0 Å². The van der Waals surface area contributed by atoms with Crippen molar-refractivity contribution < 1.29 is 28.8 Å². The third-order valence-electron chi connectivity index (χ3n) is 7.49. The van der Waals surface area contributed by atoms with E-state index in [9.17, 15) is 29.3 Å². The van der Waals surface area contributed by atoms with Crippen molar-refractivity contribution in [3.8, 4) is 0 Å². The van der Waals surface area contributed by atoms with E-state index in [-0.39, 0.29) is 44.9 Å². The molecule has 1 spiro atoms. The summed E-state index contributed by atoms with van der Waals surface area (Å²) in [6.45, 7) is 2.45. The number of nitro benzene ring substituents is 1. The molecule has 3 aliphatic heterocycles. The number of non-ortho nitro benzene ring substituents is 1. The van der Waals surface area contributed by atoms with Crippen LogP contribution in [0.2, 0.25) is 0 Å². The van der Waals surface area contributed by atoms with Crippen molar-refractivity contribution in [1.82, 2.24) is 15.1 Å². The molecule has 2 atom stereocenters. The van der Waals surface area contributed by atoms with Crippen LogP contribution < -0.4 is 10.2 Å². The van der Waals surface area contributed by atoms with Gasteiger partial charge in [0.1, 0.15) is 0 Å². The maximum absolute atomic E-state index is 14.2. The van der Waals surface area contributed by atoms with E-state index in [2.05, 4.69) is 5.32 Å². The zero-order valence-corrected chi connectivity index (χ0v) is 20.8. The average molecular weight is 522 g/mol. The molecule has 3 heterocycles. The summed E-state index contributed by atoms with van der Waals surface area (Å²) in [4.78, 5) is 68.6. The van der Waals surface area contributed by atoms with Crippen LogP contribution in [0.25, 0.3) is 0 Å². The standard InChI is InChI=1S/C26H27N5O7/c1-2-38-25(35)28-12-13-29-20-9-8-19(31(36)37)14-18(20)15-26(21(29)16-28)22(32)27-24(34)30(23(26)33)11-10-17-6-4-3-5-7-17/h3-9,14,21H,2,10-13,15-16H2,1H3,(H,27,32,34)/t21-,26+/m1/s1. The maximum Gasteiger partial charge on any atom is 0.409 e. The van der Waals surface area contributed by atoms with Crippen LogP contribution in [-0.2, 0) is 27.2 Å². The van der Waals surface area contributed by atoms with Gasteiger partial charge in [0.2, 0.25) is 11.8 Å². The molecule has 5 rings (SSSR count). The van der Waals surface area contributed by atoms with Gasteiger partial charge in [-0.1, -0.05) is 30.3 Å². The number of urea groups is 1. The fourth-order valence-corrected chi connectivity index (χ4v) is 5.64. The Morgan fingerprint density at radius 1 is 1.16 bits per heavy atom. The number of amides is 5. The molecule has 0 bridgehead atoms. The summed E-state index contributed by atoms with van der Waals surface area (Å²) in [6.07, 6.45) is -0.324. The monoisotopic (exact) mass is 521 g/mol. The quantitative estimate of drug-likeness (QED) is 0.358. The molecule has 0 unspecified atom stereocenters. The number of piperazine rings is 1. The number of hydrogen-bond donors (Lipinski definition) is 1. The number of nitro groups is 1. The summed E-state index contributed by atoms with van der Waals surface area (Å²) < 4.78 is 5.17. The van der Waals surface area contributed by atoms with Gasteiger partial charge in [0, 0.05) is 50.4 Å². The first-order valence-corrected chi connectivity index (χ1v) is 12.4. The van der Waals surface area contributed by atoms with E-state index in [1.165, 1.54) is 17.0 Å². The summed E-state index contributed by atoms with van der Waals surface area (Å²) in [6, 6.07) is 12.1. The summed E-state index contributed by atoms with van der Waals surface area (Å²) in [5, 5.41) is 13.9. The second-order valence-electron chi connectivity index (χ2n) is 9.52. The number of ether oxygens (including phenoxy) is 1. The predicted molar refractivity (Wildman–Crippen MR) is 134 cm³/mol. The molecule has 2 saturated heterocycles. The Bertz CT molecular complexity index is 1320. The first-order chi connectivity index (χ1) is 18.3. The summed E-state index contributed by atoms with van der Waals surface area (Å²) in [5.41, 5.74) is 0.0847. The molecule has 5 amide bonds. The van der Waals surface area contributed by atoms with Crippen molar-refractivity contribution in [3.05, 3.63) is 69.8 Å². The number of barbiturate groups is 1. The Balaban J connectivity index is 1.56. The van der Waals surface area contributed by atoms with Crippen LogP contribution in [0.3, 0.4) is 0 Å². The van der Waals surface area contributed by atoms with Crippen LogP contribution >= 0.6 is 0 Å². The molecule has 12 nitrogen and oxygen atoms in total. The normalized spacial score (nSPS) is 22.6. The molecule has 198 valence electrons. The van der Waals surface area contributed by atoms with E-state index in [4.69, 9.17) is 4.74 Å². The van der Waals surface area contributed by atoms with Gasteiger partial charge in [0.05, 0.1) is 17.6 Å². The number of imide groups is 2. The van der Waals surface area contributed by atoms with Crippen LogP contribution in [0, 0.1) is 15.5 Å². The van der Waals surface area contributed by atoms with Gasteiger partial charge in [0.15, 0.2) is 5.41 Å². The molecule has 0 aromatic heterocycles. The highest BCUT2D eigenvalue weighted by Crippen LogP contribution is 2.46. The molecule has 2 fully saturated rings. The lowest BCUT2D eigenvalue weighted by Crippen LogP contribution is -2.75.